The van der Waals surface area contributed by atoms with Crippen molar-refractivity contribution in [2.45, 2.75) is 33.4 Å². The highest BCUT2D eigenvalue weighted by Gasteiger charge is 2.20. The van der Waals surface area contributed by atoms with Gasteiger partial charge in [0.05, 0.1) is 34.5 Å². The summed E-state index contributed by atoms with van der Waals surface area (Å²) in [6.07, 6.45) is 4.15. The van der Waals surface area contributed by atoms with Crippen molar-refractivity contribution in [1.29, 1.82) is 0 Å². The van der Waals surface area contributed by atoms with E-state index < -0.39 is 0 Å². The van der Waals surface area contributed by atoms with Crippen molar-refractivity contribution >= 4 is 11.0 Å². The molecule has 10 heteroatoms. The van der Waals surface area contributed by atoms with Gasteiger partial charge in [-0.2, -0.15) is 5.10 Å². The van der Waals surface area contributed by atoms with E-state index in [0.29, 0.717) is 23.8 Å². The molecule has 224 valence electrons. The van der Waals surface area contributed by atoms with Crippen LogP contribution in [0.5, 0.6) is 11.6 Å². The number of aromatic amines is 1. The normalized spacial score (nSPS) is 11.3. The topological polar surface area (TPSA) is 124 Å². The molecule has 7 rings (SSSR count). The van der Waals surface area contributed by atoms with Gasteiger partial charge in [-0.05, 0) is 79.1 Å². The lowest BCUT2D eigenvalue weighted by Crippen LogP contribution is -2.07. The molecule has 10 nitrogen and oxygen atoms in total. The highest BCUT2D eigenvalue weighted by molar-refractivity contribution is 5.84. The van der Waals surface area contributed by atoms with E-state index in [1.54, 1.807) is 30.6 Å². The molecule has 0 aliphatic carbocycles. The molecular weight excluding hydrogens is 568 g/mol. The second-order valence-corrected chi connectivity index (χ2v) is 10.8. The number of H-pyrrole nitrogens is 1. The Hall–Kier alpha value is -5.90. The number of phenolic OH excluding ortho intramolecular Hbond substituents is 1. The van der Waals surface area contributed by atoms with Gasteiger partial charge in [-0.3, -0.25) is 4.79 Å². The van der Waals surface area contributed by atoms with E-state index in [0.717, 1.165) is 57.2 Å². The maximum atomic E-state index is 11.8. The van der Waals surface area contributed by atoms with E-state index in [4.69, 9.17) is 19.2 Å². The van der Waals surface area contributed by atoms with Gasteiger partial charge in [0, 0.05) is 24.5 Å². The molecule has 0 unspecified atom stereocenters. The molecule has 0 saturated carbocycles. The zero-order chi connectivity index (χ0) is 30.9. The Kier molecular flexibility index (Phi) is 7.22. The van der Waals surface area contributed by atoms with E-state index >= 15 is 0 Å². The van der Waals surface area contributed by atoms with Gasteiger partial charge in [-0.25, -0.2) is 14.6 Å². The number of nitrogens with zero attached hydrogens (tertiary/aromatic N) is 5. The number of hydrogen-bond donors (Lipinski definition) is 2. The van der Waals surface area contributed by atoms with Crippen molar-refractivity contribution in [3.63, 3.8) is 0 Å². The van der Waals surface area contributed by atoms with Gasteiger partial charge in [0.2, 0.25) is 11.4 Å². The Morgan fingerprint density at radius 3 is 2.62 bits per heavy atom. The van der Waals surface area contributed by atoms with Gasteiger partial charge in [0.25, 0.3) is 0 Å². The smallest absolute Gasteiger partial charge is 0.247 e. The SMILES string of the molecule is CCc1cc(-c2ccc(C)o2)n(-c2ccc3c(c2)nc(-c2cc(COc4ccccn4)ccc2O)n3Cc2ccc(=O)[nH]c2)n1. The minimum Gasteiger partial charge on any atom is -0.507 e. The summed E-state index contributed by atoms with van der Waals surface area (Å²) in [7, 11) is 0. The number of imidazole rings is 1. The Bertz CT molecular complexity index is 2170. The fourth-order valence-electron chi connectivity index (χ4n) is 5.33. The number of fused-ring (bicyclic) bond motifs is 1. The summed E-state index contributed by atoms with van der Waals surface area (Å²) >= 11 is 0. The number of nitrogens with one attached hydrogen (secondary N) is 1. The van der Waals surface area contributed by atoms with Gasteiger partial charge in [0.1, 0.15) is 29.6 Å². The highest BCUT2D eigenvalue weighted by atomic mass is 16.5. The molecule has 0 spiro atoms. The van der Waals surface area contributed by atoms with Gasteiger partial charge >= 0.3 is 0 Å². The third-order valence-electron chi connectivity index (χ3n) is 7.61. The van der Waals surface area contributed by atoms with Crippen molar-refractivity contribution in [3.8, 4) is 40.2 Å². The molecule has 45 heavy (non-hydrogen) atoms. The molecule has 0 saturated heterocycles. The van der Waals surface area contributed by atoms with Crippen LogP contribution >= 0.6 is 0 Å². The standard InChI is InChI=1S/C35H30N6O4/c1-3-25-17-30(32-13-7-22(2)45-32)41(39-25)26-10-11-29-28(18-26)38-35(40(29)20-24-9-14-33(43)37-19-24)27-16-23(8-12-31(27)42)21-44-34-6-4-5-15-36-34/h4-19,42H,3,20-21H2,1-2H3,(H,37,43). The zero-order valence-corrected chi connectivity index (χ0v) is 24.8. The monoisotopic (exact) mass is 598 g/mol. The lowest BCUT2D eigenvalue weighted by atomic mass is 10.1. The summed E-state index contributed by atoms with van der Waals surface area (Å²) < 4.78 is 15.7. The summed E-state index contributed by atoms with van der Waals surface area (Å²) in [6.45, 7) is 4.67. The molecule has 5 aromatic heterocycles. The number of furan rings is 1. The summed E-state index contributed by atoms with van der Waals surface area (Å²) in [5.41, 5.74) is 6.30. The maximum absolute atomic E-state index is 11.8. The molecule has 0 amide bonds. The first-order valence-corrected chi connectivity index (χ1v) is 14.7. The zero-order valence-electron chi connectivity index (χ0n) is 24.8. The number of aromatic nitrogens is 6. The summed E-state index contributed by atoms with van der Waals surface area (Å²) in [5, 5.41) is 15.9. The lowest BCUT2D eigenvalue weighted by Gasteiger charge is -2.12. The Labute approximate surface area is 258 Å². The molecule has 2 N–H and O–H groups in total. The van der Waals surface area contributed by atoms with Crippen LogP contribution in [0.2, 0.25) is 0 Å². The van der Waals surface area contributed by atoms with Crippen molar-refractivity contribution in [1.82, 2.24) is 29.3 Å². The van der Waals surface area contributed by atoms with Crippen LogP contribution in [-0.4, -0.2) is 34.4 Å². The first-order valence-electron chi connectivity index (χ1n) is 14.7. The fourth-order valence-corrected chi connectivity index (χ4v) is 5.33. The number of aromatic hydroxyl groups is 1. The average molecular weight is 599 g/mol. The Morgan fingerprint density at radius 2 is 1.87 bits per heavy atom. The van der Waals surface area contributed by atoms with Crippen LogP contribution in [0.4, 0.5) is 0 Å². The predicted molar refractivity (Wildman–Crippen MR) is 171 cm³/mol. The summed E-state index contributed by atoms with van der Waals surface area (Å²) in [4.78, 5) is 23.8. The Balaban J connectivity index is 1.34. The molecule has 0 fully saturated rings. The molecule has 0 aliphatic heterocycles. The van der Waals surface area contributed by atoms with Crippen LogP contribution < -0.4 is 10.3 Å². The maximum Gasteiger partial charge on any atom is 0.247 e. The number of aryl methyl sites for hydroxylation is 2. The number of benzene rings is 2. The number of pyridine rings is 2. The molecule has 0 bridgehead atoms. The van der Waals surface area contributed by atoms with Crippen LogP contribution in [0.3, 0.4) is 0 Å². The quantitative estimate of drug-likeness (QED) is 0.196. The van der Waals surface area contributed by atoms with Crippen LogP contribution in [0.15, 0.2) is 107 Å². The molecule has 5 heterocycles. The van der Waals surface area contributed by atoms with E-state index in [2.05, 4.69) is 16.9 Å². The second kappa shape index (κ2) is 11.6. The third kappa shape index (κ3) is 5.61. The van der Waals surface area contributed by atoms with Crippen LogP contribution in [0, 0.1) is 6.92 Å². The number of hydrogen-bond acceptors (Lipinski definition) is 7. The summed E-state index contributed by atoms with van der Waals surface area (Å²) in [5.74, 6) is 2.73. The number of phenols is 1. The molecule has 2 aromatic carbocycles. The van der Waals surface area contributed by atoms with Crippen LogP contribution in [0.1, 0.15) is 29.5 Å². The van der Waals surface area contributed by atoms with E-state index in [9.17, 15) is 9.90 Å². The van der Waals surface area contributed by atoms with Crippen molar-refractivity contribution in [2.24, 2.45) is 0 Å². The van der Waals surface area contributed by atoms with Gasteiger partial charge in [-0.1, -0.05) is 25.1 Å². The number of ether oxygens (including phenoxy) is 1. The van der Waals surface area contributed by atoms with Crippen LogP contribution in [-0.2, 0) is 19.6 Å². The predicted octanol–water partition coefficient (Wildman–Crippen LogP) is 6.44. The molecular formula is C35H30N6O4. The summed E-state index contributed by atoms with van der Waals surface area (Å²) in [6, 6.07) is 26.0. The van der Waals surface area contributed by atoms with Crippen LogP contribution in [0.25, 0.3) is 39.6 Å². The third-order valence-corrected chi connectivity index (χ3v) is 7.61. The highest BCUT2D eigenvalue weighted by Crippen LogP contribution is 2.34. The van der Waals surface area contributed by atoms with E-state index in [-0.39, 0.29) is 17.9 Å². The average Bonchev–Trinajstić information content (AvgIpc) is 3.79. The first kappa shape index (κ1) is 27.9. The first-order chi connectivity index (χ1) is 21.9. The van der Waals surface area contributed by atoms with E-state index in [1.165, 1.54) is 6.07 Å². The van der Waals surface area contributed by atoms with Gasteiger partial charge < -0.3 is 23.8 Å². The van der Waals surface area contributed by atoms with Crippen molar-refractivity contribution in [2.75, 3.05) is 0 Å². The number of rotatable bonds is 9. The lowest BCUT2D eigenvalue weighted by molar-refractivity contribution is 0.294. The largest absolute Gasteiger partial charge is 0.507 e. The molecule has 0 atom stereocenters. The van der Waals surface area contributed by atoms with E-state index in [1.807, 2.05) is 76.8 Å². The second-order valence-electron chi connectivity index (χ2n) is 10.8. The fraction of sp³-hybridized carbons (Fsp3) is 0.143. The minimum absolute atomic E-state index is 0.0879. The van der Waals surface area contributed by atoms with Gasteiger partial charge in [-0.15, -0.1) is 0 Å². The Morgan fingerprint density at radius 1 is 0.978 bits per heavy atom. The van der Waals surface area contributed by atoms with Crippen molar-refractivity contribution < 1.29 is 14.3 Å². The molecule has 7 aromatic rings. The van der Waals surface area contributed by atoms with Crippen molar-refractivity contribution in [3.05, 3.63) is 130 Å². The molecule has 0 aliphatic rings. The van der Waals surface area contributed by atoms with Gasteiger partial charge in [0.15, 0.2) is 5.76 Å². The minimum atomic E-state index is -0.175. The molecule has 0 radical (unpaired) electrons.